The third-order valence-electron chi connectivity index (χ3n) is 6.99. The topological polar surface area (TPSA) is 118 Å². The zero-order valence-electron chi connectivity index (χ0n) is 23.1. The smallest absolute Gasteiger partial charge is 0.408 e. The fourth-order valence-electron chi connectivity index (χ4n) is 4.73. The fraction of sp³-hybridized carbons (Fsp3) is 0.517. The van der Waals surface area contributed by atoms with Gasteiger partial charge in [-0.3, -0.25) is 4.79 Å². The van der Waals surface area contributed by atoms with E-state index >= 15 is 0 Å². The number of likely N-dealkylation sites (tertiary alicyclic amines) is 1. The highest BCUT2D eigenvalue weighted by Gasteiger charge is 2.49. The monoisotopic (exact) mass is 528 g/mol. The molecule has 4 atom stereocenters. The second-order valence-electron chi connectivity index (χ2n) is 11.1. The molecule has 1 fully saturated rings. The number of amides is 2. The van der Waals surface area contributed by atoms with Gasteiger partial charge in [0.05, 0.1) is 26.4 Å². The molecule has 9 nitrogen and oxygen atoms in total. The Morgan fingerprint density at radius 3 is 2.45 bits per heavy atom. The predicted octanol–water partition coefficient (Wildman–Crippen LogP) is 3.82. The van der Waals surface area contributed by atoms with E-state index in [0.717, 1.165) is 11.1 Å². The minimum atomic E-state index is -0.991. The summed E-state index contributed by atoms with van der Waals surface area (Å²) < 4.78 is 16.4. The molecule has 208 valence electrons. The molecule has 0 aliphatic carbocycles. The Morgan fingerprint density at radius 1 is 1.18 bits per heavy atom. The Labute approximate surface area is 224 Å². The molecule has 1 aliphatic heterocycles. The van der Waals surface area contributed by atoms with Crippen molar-refractivity contribution in [2.24, 2.45) is 5.41 Å². The maximum atomic E-state index is 13.8. The number of carbonyl (C=O) groups excluding carboxylic acids is 2. The summed E-state index contributed by atoms with van der Waals surface area (Å²) in [6, 6.07) is 13.7. The Kier molecular flexibility index (Phi) is 9.27. The van der Waals surface area contributed by atoms with Gasteiger partial charge in [0.1, 0.15) is 11.6 Å². The number of benzene rings is 2. The minimum absolute atomic E-state index is 0.0125. The Morgan fingerprint density at radius 2 is 1.87 bits per heavy atom. The first-order valence-electron chi connectivity index (χ1n) is 12.8. The number of phenols is 1. The van der Waals surface area contributed by atoms with Gasteiger partial charge >= 0.3 is 6.09 Å². The van der Waals surface area contributed by atoms with E-state index in [-0.39, 0.29) is 43.9 Å². The van der Waals surface area contributed by atoms with E-state index in [1.807, 2.05) is 43.3 Å². The summed E-state index contributed by atoms with van der Waals surface area (Å²) in [6.45, 7) is 9.63. The molecule has 0 bridgehead atoms. The molecule has 2 aromatic carbocycles. The normalized spacial score (nSPS) is 21.0. The number of hydrogen-bond donors (Lipinski definition) is 3. The molecule has 0 radical (unpaired) electrons. The maximum absolute atomic E-state index is 13.8. The van der Waals surface area contributed by atoms with E-state index in [1.54, 1.807) is 44.7 Å². The second kappa shape index (κ2) is 12.0. The molecule has 1 saturated heterocycles. The van der Waals surface area contributed by atoms with Crippen LogP contribution in [-0.4, -0.2) is 71.7 Å². The first kappa shape index (κ1) is 29.3. The van der Waals surface area contributed by atoms with Crippen molar-refractivity contribution in [3.05, 3.63) is 59.7 Å². The summed E-state index contributed by atoms with van der Waals surface area (Å²) in [4.78, 5) is 28.0. The molecule has 38 heavy (non-hydrogen) atoms. The molecule has 3 N–H and O–H groups in total. The number of nitrogens with one attached hydrogen (secondary N) is 1. The van der Waals surface area contributed by atoms with Crippen LogP contribution in [0.1, 0.15) is 51.7 Å². The molecule has 1 heterocycles. The molecule has 0 spiro atoms. The number of rotatable bonds is 9. The Balaban J connectivity index is 1.82. The summed E-state index contributed by atoms with van der Waals surface area (Å²) >= 11 is 0. The standard InChI is InChI=1S/C29H40N2O7/c1-19(32)29(5)18-31(15-22(29)21-12-13-25(36-6)24(33)14-21)26(34)23(30-27(35)38-28(2,3)4)17-37-16-20-10-8-7-9-11-20/h7-14,19,22-23,32-33H,15-18H2,1-6H3,(H,30,35)/t19-,22+,23-,29+/m1/s1. The molecule has 0 unspecified atom stereocenters. The molecule has 2 aromatic rings. The lowest BCUT2D eigenvalue weighted by atomic mass is 9.72. The molecule has 0 saturated carbocycles. The van der Waals surface area contributed by atoms with Crippen molar-refractivity contribution in [1.82, 2.24) is 10.2 Å². The van der Waals surface area contributed by atoms with Crippen molar-refractivity contribution in [3.8, 4) is 11.5 Å². The lowest BCUT2D eigenvalue weighted by Gasteiger charge is -2.34. The second-order valence-corrected chi connectivity index (χ2v) is 11.1. The van der Waals surface area contributed by atoms with Crippen molar-refractivity contribution < 1.29 is 34.0 Å². The van der Waals surface area contributed by atoms with Gasteiger partial charge in [0.25, 0.3) is 0 Å². The van der Waals surface area contributed by atoms with Crippen molar-refractivity contribution >= 4 is 12.0 Å². The van der Waals surface area contributed by atoms with Gasteiger partial charge in [-0.2, -0.15) is 0 Å². The van der Waals surface area contributed by atoms with Gasteiger partial charge in [-0.25, -0.2) is 4.79 Å². The molecule has 3 rings (SSSR count). The van der Waals surface area contributed by atoms with Crippen molar-refractivity contribution in [3.63, 3.8) is 0 Å². The van der Waals surface area contributed by atoms with Crippen LogP contribution in [0, 0.1) is 5.41 Å². The zero-order chi connectivity index (χ0) is 28.1. The van der Waals surface area contributed by atoms with Crippen LogP contribution in [0.3, 0.4) is 0 Å². The van der Waals surface area contributed by atoms with E-state index in [4.69, 9.17) is 14.2 Å². The molecule has 0 aromatic heterocycles. The van der Waals surface area contributed by atoms with Crippen LogP contribution < -0.4 is 10.1 Å². The van der Waals surface area contributed by atoms with Gasteiger partial charge in [0, 0.05) is 24.4 Å². The molecular weight excluding hydrogens is 488 g/mol. The van der Waals surface area contributed by atoms with Crippen molar-refractivity contribution in [1.29, 1.82) is 0 Å². The maximum Gasteiger partial charge on any atom is 0.408 e. The van der Waals surface area contributed by atoms with E-state index in [9.17, 15) is 19.8 Å². The van der Waals surface area contributed by atoms with Crippen LogP contribution in [0.15, 0.2) is 48.5 Å². The number of phenolic OH excluding ortho intramolecular Hbond substituents is 1. The quantitative estimate of drug-likeness (QED) is 0.453. The predicted molar refractivity (Wildman–Crippen MR) is 143 cm³/mol. The van der Waals surface area contributed by atoms with Crippen LogP contribution in [-0.2, 0) is 20.9 Å². The number of alkyl carbamates (subject to hydrolysis) is 1. The Hall–Kier alpha value is -3.30. The Bertz CT molecular complexity index is 1100. The van der Waals surface area contributed by atoms with Gasteiger partial charge in [0.15, 0.2) is 11.5 Å². The van der Waals surface area contributed by atoms with Crippen LogP contribution in [0.4, 0.5) is 4.79 Å². The largest absolute Gasteiger partial charge is 0.504 e. The van der Waals surface area contributed by atoms with E-state index in [1.165, 1.54) is 7.11 Å². The van der Waals surface area contributed by atoms with Crippen molar-refractivity contribution in [2.75, 3.05) is 26.8 Å². The summed E-state index contributed by atoms with van der Waals surface area (Å²) in [7, 11) is 1.47. The van der Waals surface area contributed by atoms with Gasteiger partial charge in [-0.15, -0.1) is 0 Å². The number of aliphatic hydroxyl groups is 1. The number of aromatic hydroxyl groups is 1. The summed E-state index contributed by atoms with van der Waals surface area (Å²) in [5, 5.41) is 23.8. The first-order chi connectivity index (χ1) is 17.8. The van der Waals surface area contributed by atoms with Gasteiger partial charge < -0.3 is 34.6 Å². The van der Waals surface area contributed by atoms with Gasteiger partial charge in [-0.1, -0.05) is 43.3 Å². The highest BCUT2D eigenvalue weighted by Crippen LogP contribution is 2.46. The number of ether oxygens (including phenoxy) is 3. The number of aliphatic hydroxyl groups excluding tert-OH is 1. The molecule has 2 amide bonds. The zero-order valence-corrected chi connectivity index (χ0v) is 23.1. The lowest BCUT2D eigenvalue weighted by Crippen LogP contribution is -2.52. The van der Waals surface area contributed by atoms with Crippen molar-refractivity contribution in [2.45, 2.75) is 64.9 Å². The minimum Gasteiger partial charge on any atom is -0.504 e. The molecule has 1 aliphatic rings. The number of methoxy groups -OCH3 is 1. The summed E-state index contributed by atoms with van der Waals surface area (Å²) in [6.07, 6.45) is -1.46. The summed E-state index contributed by atoms with van der Waals surface area (Å²) in [5.74, 6) is -0.274. The lowest BCUT2D eigenvalue weighted by molar-refractivity contribution is -0.134. The molecular formula is C29H40N2O7. The van der Waals surface area contributed by atoms with Crippen LogP contribution in [0.25, 0.3) is 0 Å². The average molecular weight is 529 g/mol. The molecule has 9 heteroatoms. The van der Waals surface area contributed by atoms with E-state index < -0.39 is 29.3 Å². The fourth-order valence-corrected chi connectivity index (χ4v) is 4.73. The van der Waals surface area contributed by atoms with E-state index in [2.05, 4.69) is 5.32 Å². The first-order valence-corrected chi connectivity index (χ1v) is 12.8. The van der Waals surface area contributed by atoms with Crippen LogP contribution in [0.5, 0.6) is 11.5 Å². The van der Waals surface area contributed by atoms with E-state index in [0.29, 0.717) is 5.75 Å². The number of carbonyl (C=O) groups is 2. The van der Waals surface area contributed by atoms with Gasteiger partial charge in [-0.05, 0) is 51.0 Å². The highest BCUT2D eigenvalue weighted by molar-refractivity contribution is 5.86. The third-order valence-corrected chi connectivity index (χ3v) is 6.99. The average Bonchev–Trinajstić information content (AvgIpc) is 3.21. The van der Waals surface area contributed by atoms with Gasteiger partial charge in [0.2, 0.25) is 5.91 Å². The SMILES string of the molecule is COc1ccc([C@@H]2CN(C(=O)[C@@H](COCc3ccccc3)NC(=O)OC(C)(C)C)C[C@@]2(C)[C@@H](C)O)cc1O. The third kappa shape index (κ3) is 7.17. The van der Waals surface area contributed by atoms with Crippen LogP contribution >= 0.6 is 0 Å². The number of nitrogens with zero attached hydrogens (tertiary/aromatic N) is 1. The number of hydrogen-bond acceptors (Lipinski definition) is 7. The van der Waals surface area contributed by atoms with Crippen LogP contribution in [0.2, 0.25) is 0 Å². The highest BCUT2D eigenvalue weighted by atomic mass is 16.6. The summed E-state index contributed by atoms with van der Waals surface area (Å²) in [5.41, 5.74) is 0.290.